The molecule has 5 heteroatoms. The molecule has 1 aromatic carbocycles. The average molecular weight is 290 g/mol. The van der Waals surface area contributed by atoms with Crippen LogP contribution < -0.4 is 0 Å². The number of aryl methyl sites for hydroxylation is 1. The molecule has 2 heterocycles. The van der Waals surface area contributed by atoms with E-state index in [1.165, 1.54) is 0 Å². The van der Waals surface area contributed by atoms with E-state index >= 15 is 0 Å². The molecule has 3 rings (SSSR count). The number of carbonyl (C=O) groups is 1. The Balaban J connectivity index is 2.12. The number of amides is 1. The van der Waals surface area contributed by atoms with E-state index in [2.05, 4.69) is 0 Å². The molecular formula is C15H18N2O2S. The monoisotopic (exact) mass is 290 g/mol. The number of hydrogen-bond acceptors (Lipinski definition) is 3. The second kappa shape index (κ2) is 5.05. The van der Waals surface area contributed by atoms with Gasteiger partial charge in [0.25, 0.3) is 5.91 Å². The van der Waals surface area contributed by atoms with E-state index in [0.717, 1.165) is 46.8 Å². The second-order valence-corrected chi connectivity index (χ2v) is 6.35. The van der Waals surface area contributed by atoms with E-state index in [4.69, 9.17) is 0 Å². The van der Waals surface area contributed by atoms with Crippen LogP contribution in [0.1, 0.15) is 16.1 Å². The van der Waals surface area contributed by atoms with Gasteiger partial charge in [0.15, 0.2) is 0 Å². The third-order valence-corrected chi connectivity index (χ3v) is 4.93. The normalized spacial score (nSPS) is 15.8. The van der Waals surface area contributed by atoms with Crippen molar-refractivity contribution < 1.29 is 9.90 Å². The summed E-state index contributed by atoms with van der Waals surface area (Å²) in [5.74, 6) is 2.28. The van der Waals surface area contributed by atoms with Gasteiger partial charge in [0, 0.05) is 48.2 Å². The van der Waals surface area contributed by atoms with Gasteiger partial charge >= 0.3 is 0 Å². The molecule has 20 heavy (non-hydrogen) atoms. The van der Waals surface area contributed by atoms with Crippen LogP contribution in [0.15, 0.2) is 18.2 Å². The third kappa shape index (κ3) is 2.06. The Hall–Kier alpha value is -1.62. The molecule has 1 aliphatic rings. The van der Waals surface area contributed by atoms with Crippen molar-refractivity contribution in [1.29, 1.82) is 0 Å². The summed E-state index contributed by atoms with van der Waals surface area (Å²) in [5, 5.41) is 10.6. The third-order valence-electron chi connectivity index (χ3n) is 3.99. The van der Waals surface area contributed by atoms with Gasteiger partial charge in [0.1, 0.15) is 5.75 Å². The Labute approximate surface area is 122 Å². The summed E-state index contributed by atoms with van der Waals surface area (Å²) in [6, 6.07) is 5.21. The van der Waals surface area contributed by atoms with Crippen LogP contribution in [0.25, 0.3) is 10.9 Å². The Morgan fingerprint density at radius 3 is 2.70 bits per heavy atom. The number of carbonyl (C=O) groups excluding carboxylic acids is 1. The Morgan fingerprint density at radius 2 is 2.00 bits per heavy atom. The molecule has 1 saturated heterocycles. The van der Waals surface area contributed by atoms with E-state index in [1.54, 1.807) is 12.1 Å². The Bertz CT molecular complexity index is 672. The van der Waals surface area contributed by atoms with Crippen molar-refractivity contribution in [2.24, 2.45) is 7.05 Å². The molecule has 1 N–H and O–H groups in total. The summed E-state index contributed by atoms with van der Waals surface area (Å²) in [6.45, 7) is 3.57. The van der Waals surface area contributed by atoms with Crippen molar-refractivity contribution in [2.75, 3.05) is 24.6 Å². The minimum absolute atomic E-state index is 0.0824. The Morgan fingerprint density at radius 1 is 1.30 bits per heavy atom. The van der Waals surface area contributed by atoms with Crippen molar-refractivity contribution in [1.82, 2.24) is 9.47 Å². The van der Waals surface area contributed by atoms with Crippen LogP contribution in [0, 0.1) is 6.92 Å². The smallest absolute Gasteiger partial charge is 0.256 e. The van der Waals surface area contributed by atoms with Gasteiger partial charge in [-0.25, -0.2) is 0 Å². The lowest BCUT2D eigenvalue weighted by Crippen LogP contribution is -2.38. The molecule has 0 bridgehead atoms. The minimum atomic E-state index is 0.0824. The fourth-order valence-electron chi connectivity index (χ4n) is 2.75. The van der Waals surface area contributed by atoms with Crippen LogP contribution >= 0.6 is 11.8 Å². The van der Waals surface area contributed by atoms with E-state index in [-0.39, 0.29) is 11.7 Å². The minimum Gasteiger partial charge on any atom is -0.508 e. The van der Waals surface area contributed by atoms with Crippen LogP contribution in [0.5, 0.6) is 5.75 Å². The summed E-state index contributed by atoms with van der Waals surface area (Å²) in [5.41, 5.74) is 2.66. The van der Waals surface area contributed by atoms with Crippen molar-refractivity contribution in [3.63, 3.8) is 0 Å². The zero-order valence-corrected chi connectivity index (χ0v) is 12.5. The number of thioether (sulfide) groups is 1. The van der Waals surface area contributed by atoms with E-state index in [9.17, 15) is 9.90 Å². The van der Waals surface area contributed by atoms with Gasteiger partial charge < -0.3 is 14.6 Å². The van der Waals surface area contributed by atoms with Crippen molar-refractivity contribution in [3.8, 4) is 5.75 Å². The number of fused-ring (bicyclic) bond motifs is 1. The highest BCUT2D eigenvalue weighted by Gasteiger charge is 2.24. The van der Waals surface area contributed by atoms with Gasteiger partial charge in [-0.2, -0.15) is 11.8 Å². The van der Waals surface area contributed by atoms with Crippen LogP contribution in [-0.4, -0.2) is 45.1 Å². The standard InChI is InChI=1S/C15H18N2O2S/c1-10-14(15(19)17-5-7-20-8-6-17)12-9-11(18)3-4-13(12)16(10)2/h3-4,9,18H,5-8H2,1-2H3. The predicted octanol–water partition coefficient (Wildman–Crippen LogP) is 2.38. The Kier molecular flexibility index (Phi) is 3.38. The maximum Gasteiger partial charge on any atom is 0.256 e. The molecule has 1 amide bonds. The molecule has 1 aliphatic heterocycles. The molecule has 1 fully saturated rings. The van der Waals surface area contributed by atoms with Crippen molar-refractivity contribution >= 4 is 28.6 Å². The maximum atomic E-state index is 12.8. The van der Waals surface area contributed by atoms with Crippen LogP contribution in [-0.2, 0) is 7.05 Å². The molecule has 106 valence electrons. The quantitative estimate of drug-likeness (QED) is 0.877. The fraction of sp³-hybridized carbons (Fsp3) is 0.400. The van der Waals surface area contributed by atoms with Crippen LogP contribution in [0.4, 0.5) is 0 Å². The summed E-state index contributed by atoms with van der Waals surface area (Å²) >= 11 is 1.89. The molecule has 0 radical (unpaired) electrons. The number of nitrogens with zero attached hydrogens (tertiary/aromatic N) is 2. The lowest BCUT2D eigenvalue weighted by Gasteiger charge is -2.26. The van der Waals surface area contributed by atoms with Gasteiger partial charge in [-0.15, -0.1) is 0 Å². The fourth-order valence-corrected chi connectivity index (χ4v) is 3.66. The molecule has 0 saturated carbocycles. The number of phenolic OH excluding ortho intramolecular Hbond substituents is 1. The lowest BCUT2D eigenvalue weighted by atomic mass is 10.1. The van der Waals surface area contributed by atoms with Gasteiger partial charge in [0.2, 0.25) is 0 Å². The lowest BCUT2D eigenvalue weighted by molar-refractivity contribution is 0.0773. The largest absolute Gasteiger partial charge is 0.508 e. The van der Waals surface area contributed by atoms with Gasteiger partial charge in [0.05, 0.1) is 5.56 Å². The van der Waals surface area contributed by atoms with Crippen molar-refractivity contribution in [2.45, 2.75) is 6.92 Å². The number of benzene rings is 1. The second-order valence-electron chi connectivity index (χ2n) is 5.13. The van der Waals surface area contributed by atoms with Gasteiger partial charge in [-0.1, -0.05) is 0 Å². The molecule has 4 nitrogen and oxygen atoms in total. The number of aromatic hydroxyl groups is 1. The first-order valence-corrected chi connectivity index (χ1v) is 7.90. The molecular weight excluding hydrogens is 272 g/mol. The number of hydrogen-bond donors (Lipinski definition) is 1. The maximum absolute atomic E-state index is 12.8. The molecule has 0 aliphatic carbocycles. The topological polar surface area (TPSA) is 45.5 Å². The van der Waals surface area contributed by atoms with Crippen LogP contribution in [0.3, 0.4) is 0 Å². The van der Waals surface area contributed by atoms with Crippen LogP contribution in [0.2, 0.25) is 0 Å². The van der Waals surface area contributed by atoms with E-state index in [0.29, 0.717) is 0 Å². The number of aromatic nitrogens is 1. The summed E-state index contributed by atoms with van der Waals surface area (Å²) in [6.07, 6.45) is 0. The molecule has 0 atom stereocenters. The SMILES string of the molecule is Cc1c(C(=O)N2CCSCC2)c2cc(O)ccc2n1C. The molecule has 1 aromatic heterocycles. The van der Waals surface area contributed by atoms with Gasteiger partial charge in [-0.3, -0.25) is 4.79 Å². The molecule has 0 spiro atoms. The van der Waals surface area contributed by atoms with E-state index in [1.807, 2.05) is 41.3 Å². The first kappa shape index (κ1) is 13.4. The van der Waals surface area contributed by atoms with E-state index < -0.39 is 0 Å². The van der Waals surface area contributed by atoms with Gasteiger partial charge in [-0.05, 0) is 25.1 Å². The zero-order chi connectivity index (χ0) is 14.3. The molecule has 2 aromatic rings. The first-order chi connectivity index (χ1) is 9.59. The first-order valence-electron chi connectivity index (χ1n) is 6.74. The van der Waals surface area contributed by atoms with Crippen molar-refractivity contribution in [3.05, 3.63) is 29.5 Å². The zero-order valence-electron chi connectivity index (χ0n) is 11.7. The summed E-state index contributed by atoms with van der Waals surface area (Å²) in [7, 11) is 1.96. The highest BCUT2D eigenvalue weighted by molar-refractivity contribution is 7.99. The highest BCUT2D eigenvalue weighted by Crippen LogP contribution is 2.29. The predicted molar refractivity (Wildman–Crippen MR) is 82.5 cm³/mol. The highest BCUT2D eigenvalue weighted by atomic mass is 32.2. The average Bonchev–Trinajstić information content (AvgIpc) is 2.71. The summed E-state index contributed by atoms with van der Waals surface area (Å²) in [4.78, 5) is 14.7. The summed E-state index contributed by atoms with van der Waals surface area (Å²) < 4.78 is 2.01. The number of phenols is 1. The molecule has 0 unspecified atom stereocenters. The number of rotatable bonds is 1.